The van der Waals surface area contributed by atoms with E-state index in [2.05, 4.69) is 81.1 Å². The normalized spacial score (nSPS) is 22.7. The molecule has 0 amide bonds. The second-order valence-corrected chi connectivity index (χ2v) is 15.6. The minimum atomic E-state index is -2.90. The van der Waals surface area contributed by atoms with Crippen molar-refractivity contribution in [1.29, 1.82) is 0 Å². The van der Waals surface area contributed by atoms with E-state index in [-0.39, 0.29) is 23.7 Å². The van der Waals surface area contributed by atoms with Gasteiger partial charge in [-0.3, -0.25) is 4.79 Å². The molecule has 2 aliphatic heterocycles. The van der Waals surface area contributed by atoms with Gasteiger partial charge in [0.1, 0.15) is 12.7 Å². The molecular weight excluding hydrogens is 492 g/mol. The predicted molar refractivity (Wildman–Crippen MR) is 153 cm³/mol. The molecule has 5 nitrogen and oxygen atoms in total. The molecule has 38 heavy (non-hydrogen) atoms. The zero-order valence-corrected chi connectivity index (χ0v) is 24.3. The van der Waals surface area contributed by atoms with Crippen molar-refractivity contribution >= 4 is 24.5 Å². The van der Waals surface area contributed by atoms with Gasteiger partial charge in [0.05, 0.1) is 5.76 Å². The second-order valence-electron chi connectivity index (χ2n) is 11.4. The van der Waals surface area contributed by atoms with Crippen LogP contribution in [0.15, 0.2) is 72.5 Å². The zero-order valence-electron chi connectivity index (χ0n) is 23.3. The lowest BCUT2D eigenvalue weighted by atomic mass is 9.94. The van der Waals surface area contributed by atoms with Gasteiger partial charge in [0.2, 0.25) is 5.78 Å². The summed E-state index contributed by atoms with van der Waals surface area (Å²) in [6.45, 7) is 11.3. The Kier molecular flexibility index (Phi) is 8.95. The highest BCUT2D eigenvalue weighted by atomic mass is 28.4. The van der Waals surface area contributed by atoms with Crippen LogP contribution < -0.4 is 10.4 Å². The van der Waals surface area contributed by atoms with Gasteiger partial charge in [0.15, 0.2) is 11.9 Å². The summed E-state index contributed by atoms with van der Waals surface area (Å²) in [5.74, 6) is 7.09. The minimum Gasteiger partial charge on any atom is -0.484 e. The molecular formula is C32H40O5Si. The van der Waals surface area contributed by atoms with Gasteiger partial charge in [-0.25, -0.2) is 0 Å². The van der Waals surface area contributed by atoms with Crippen molar-refractivity contribution in [3.63, 3.8) is 0 Å². The van der Waals surface area contributed by atoms with Crippen molar-refractivity contribution in [2.24, 2.45) is 0 Å². The number of hydrogen-bond donors (Lipinski definition) is 0. The highest BCUT2D eigenvalue weighted by molar-refractivity contribution is 6.99. The number of carbonyl (C=O) groups excluding carboxylic acids is 1. The number of carbonyl (C=O) groups is 1. The molecule has 1 saturated heterocycles. The van der Waals surface area contributed by atoms with Crippen molar-refractivity contribution < 1.29 is 23.4 Å². The molecule has 4 rings (SSSR count). The van der Waals surface area contributed by atoms with Gasteiger partial charge in [-0.1, -0.05) is 93.3 Å². The van der Waals surface area contributed by atoms with E-state index in [1.54, 1.807) is 6.08 Å². The molecule has 2 aliphatic rings. The maximum absolute atomic E-state index is 12.9. The third kappa shape index (κ3) is 6.30. The molecule has 0 saturated carbocycles. The van der Waals surface area contributed by atoms with Gasteiger partial charge in [-0.2, -0.15) is 0 Å². The summed E-state index contributed by atoms with van der Waals surface area (Å²) >= 11 is 0. The summed E-state index contributed by atoms with van der Waals surface area (Å²) in [4.78, 5) is 12.9. The number of benzene rings is 2. The fourth-order valence-electron chi connectivity index (χ4n) is 5.43. The number of allylic oxidation sites excluding steroid dienone is 1. The van der Waals surface area contributed by atoms with E-state index in [4.69, 9.17) is 18.6 Å². The van der Waals surface area contributed by atoms with Crippen molar-refractivity contribution in [2.45, 2.75) is 83.3 Å². The molecule has 2 aromatic carbocycles. The van der Waals surface area contributed by atoms with Crippen molar-refractivity contribution in [3.05, 3.63) is 72.5 Å². The Bertz CT molecular complexity index is 1130. The molecule has 0 radical (unpaired) electrons. The van der Waals surface area contributed by atoms with Crippen LogP contribution in [0.4, 0.5) is 0 Å². The Balaban J connectivity index is 1.71. The molecule has 0 aliphatic carbocycles. The fraction of sp³-hybridized carbons (Fsp3) is 0.469. The van der Waals surface area contributed by atoms with Gasteiger partial charge in [-0.15, -0.1) is 0 Å². The summed E-state index contributed by atoms with van der Waals surface area (Å²) in [6.07, 6.45) is 4.17. The third-order valence-electron chi connectivity index (χ3n) is 7.29. The largest absolute Gasteiger partial charge is 0.484 e. The average molecular weight is 533 g/mol. The van der Waals surface area contributed by atoms with E-state index < -0.39 is 20.0 Å². The van der Waals surface area contributed by atoms with Gasteiger partial charge >= 0.3 is 0 Å². The lowest BCUT2D eigenvalue weighted by Crippen LogP contribution is -2.68. The van der Waals surface area contributed by atoms with Crippen LogP contribution in [0.25, 0.3) is 0 Å². The molecule has 202 valence electrons. The van der Waals surface area contributed by atoms with Crippen molar-refractivity contribution in [1.82, 2.24) is 0 Å². The summed E-state index contributed by atoms with van der Waals surface area (Å²) in [6, 6.07) is 20.9. The first kappa shape index (κ1) is 28.3. The van der Waals surface area contributed by atoms with E-state index >= 15 is 0 Å². The number of ketones is 1. The first-order valence-corrected chi connectivity index (χ1v) is 15.5. The lowest BCUT2D eigenvalue weighted by molar-refractivity contribution is -0.154. The predicted octanol–water partition coefficient (Wildman–Crippen LogP) is 5.13. The molecule has 1 fully saturated rings. The summed E-state index contributed by atoms with van der Waals surface area (Å²) in [7, 11) is -2.90. The van der Waals surface area contributed by atoms with E-state index in [0.717, 1.165) is 36.2 Å². The molecule has 3 atom stereocenters. The van der Waals surface area contributed by atoms with E-state index in [1.165, 1.54) is 0 Å². The van der Waals surface area contributed by atoms with E-state index in [0.29, 0.717) is 12.2 Å². The van der Waals surface area contributed by atoms with Crippen LogP contribution >= 0.6 is 0 Å². The van der Waals surface area contributed by atoms with Gasteiger partial charge in [0, 0.05) is 19.1 Å². The van der Waals surface area contributed by atoms with Gasteiger partial charge in [0.25, 0.3) is 8.32 Å². The van der Waals surface area contributed by atoms with Crippen LogP contribution in [0.3, 0.4) is 0 Å². The number of hydrogen-bond acceptors (Lipinski definition) is 5. The minimum absolute atomic E-state index is 0.0558. The summed E-state index contributed by atoms with van der Waals surface area (Å²) in [5, 5.41) is 2.10. The van der Waals surface area contributed by atoms with Gasteiger partial charge in [-0.05, 0) is 48.5 Å². The van der Waals surface area contributed by atoms with Crippen LogP contribution in [-0.2, 0) is 23.4 Å². The average Bonchev–Trinajstić information content (AvgIpc) is 3.16. The molecule has 0 spiro atoms. The summed E-state index contributed by atoms with van der Waals surface area (Å²) in [5.41, 5.74) is -1.03. The van der Waals surface area contributed by atoms with Gasteiger partial charge < -0.3 is 18.6 Å². The Morgan fingerprint density at radius 2 is 1.68 bits per heavy atom. The topological polar surface area (TPSA) is 54.0 Å². The Morgan fingerprint density at radius 3 is 2.18 bits per heavy atom. The second kappa shape index (κ2) is 12.0. The van der Waals surface area contributed by atoms with Crippen LogP contribution in [0.2, 0.25) is 5.04 Å². The lowest BCUT2D eigenvalue weighted by Gasteiger charge is -2.45. The summed E-state index contributed by atoms with van der Waals surface area (Å²) < 4.78 is 24.9. The number of rotatable bonds is 8. The van der Waals surface area contributed by atoms with Crippen molar-refractivity contribution in [3.8, 4) is 11.8 Å². The highest BCUT2D eigenvalue weighted by Crippen LogP contribution is 2.39. The maximum atomic E-state index is 12.9. The Morgan fingerprint density at radius 1 is 1.05 bits per heavy atom. The molecule has 0 N–H and O–H groups in total. The molecule has 1 unspecified atom stereocenters. The maximum Gasteiger partial charge on any atom is 0.262 e. The van der Waals surface area contributed by atoms with Crippen LogP contribution in [0, 0.1) is 11.8 Å². The Hall–Kier alpha value is -2.69. The standard InChI is InChI=1S/C32H40O5Si/c1-25-23-29(33)32(5,36-25)24-26(15-14-22-35-30-20-12-13-21-34-30)37-38(31(2,3)4,27-16-8-6-9-17-27)28-18-10-7-11-19-28/h6-11,16-19,23,26,30H,12-13,20-22,24H2,1-5H3/t26-,30?,32+/m0/s1. The molecule has 0 aromatic heterocycles. The van der Waals surface area contributed by atoms with Crippen molar-refractivity contribution in [2.75, 3.05) is 13.2 Å². The molecule has 6 heteroatoms. The SMILES string of the molecule is CC1=CC(=O)[C@@](C)(C[C@H](C#CCOC2CCCCO2)O[Si](c2ccccc2)(c2ccccc2)C(C)(C)C)O1. The first-order chi connectivity index (χ1) is 18.1. The van der Waals surface area contributed by atoms with Crippen LogP contribution in [-0.4, -0.2) is 45.3 Å². The fourth-order valence-corrected chi connectivity index (χ4v) is 10.0. The Labute approximate surface area is 228 Å². The van der Waals surface area contributed by atoms with Crippen LogP contribution in [0.1, 0.15) is 60.3 Å². The smallest absolute Gasteiger partial charge is 0.262 e. The third-order valence-corrected chi connectivity index (χ3v) is 12.3. The molecule has 2 aromatic rings. The van der Waals surface area contributed by atoms with Crippen LogP contribution in [0.5, 0.6) is 0 Å². The number of ether oxygens (including phenoxy) is 3. The monoisotopic (exact) mass is 532 g/mol. The molecule has 2 heterocycles. The first-order valence-electron chi connectivity index (χ1n) is 13.6. The zero-order chi connectivity index (χ0) is 27.2. The van der Waals surface area contributed by atoms with E-state index in [9.17, 15) is 4.79 Å². The molecule has 0 bridgehead atoms. The highest BCUT2D eigenvalue weighted by Gasteiger charge is 2.52. The quantitative estimate of drug-likeness (QED) is 0.349. The van der Waals surface area contributed by atoms with E-state index in [1.807, 2.05) is 26.0 Å².